The summed E-state index contributed by atoms with van der Waals surface area (Å²) in [6, 6.07) is 0.295. The molecule has 0 aromatic carbocycles. The van der Waals surface area contributed by atoms with Gasteiger partial charge < -0.3 is 5.73 Å². The van der Waals surface area contributed by atoms with E-state index in [1.165, 1.54) is 0 Å². The summed E-state index contributed by atoms with van der Waals surface area (Å²) >= 11 is 0. The summed E-state index contributed by atoms with van der Waals surface area (Å²) in [7, 11) is 0. The quantitative estimate of drug-likeness (QED) is 0.728. The third kappa shape index (κ3) is 3.47. The van der Waals surface area contributed by atoms with Crippen molar-refractivity contribution in [2.45, 2.75) is 52.5 Å². The first kappa shape index (κ1) is 10.7. The lowest BCUT2D eigenvalue weighted by atomic mass is 9.75. The fourth-order valence-electron chi connectivity index (χ4n) is 1.63. The molecule has 0 heterocycles. The van der Waals surface area contributed by atoms with Crippen LogP contribution < -0.4 is 5.73 Å². The van der Waals surface area contributed by atoms with E-state index in [9.17, 15) is 4.79 Å². The number of hydrogen-bond acceptors (Lipinski definition) is 2. The molecule has 0 aliphatic heterocycles. The number of carbonyl (C=O) groups excluding carboxylic acids is 1. The molecule has 0 aromatic rings. The summed E-state index contributed by atoms with van der Waals surface area (Å²) in [4.78, 5) is 11.6. The van der Waals surface area contributed by atoms with Crippen LogP contribution in [0.25, 0.3) is 0 Å². The smallest absolute Gasteiger partial charge is 0.136 e. The van der Waals surface area contributed by atoms with E-state index < -0.39 is 0 Å². The van der Waals surface area contributed by atoms with Crippen LogP contribution in [0, 0.1) is 11.3 Å². The van der Waals surface area contributed by atoms with Crippen LogP contribution in [0.2, 0.25) is 0 Å². The predicted molar refractivity (Wildman–Crippen MR) is 54.4 cm³/mol. The van der Waals surface area contributed by atoms with E-state index >= 15 is 0 Å². The van der Waals surface area contributed by atoms with Crippen LogP contribution in [0.5, 0.6) is 0 Å². The van der Waals surface area contributed by atoms with Crippen molar-refractivity contribution < 1.29 is 4.79 Å². The Labute approximate surface area is 80.9 Å². The van der Waals surface area contributed by atoms with E-state index in [2.05, 4.69) is 20.8 Å². The molecule has 76 valence electrons. The first-order chi connectivity index (χ1) is 5.88. The maximum Gasteiger partial charge on any atom is 0.136 e. The van der Waals surface area contributed by atoms with Gasteiger partial charge in [0.1, 0.15) is 5.78 Å². The fraction of sp³-hybridized carbons (Fsp3) is 0.909. The summed E-state index contributed by atoms with van der Waals surface area (Å²) in [6.45, 7) is 6.52. The summed E-state index contributed by atoms with van der Waals surface area (Å²) in [5.41, 5.74) is 5.92. The van der Waals surface area contributed by atoms with Gasteiger partial charge in [-0.3, -0.25) is 4.79 Å². The standard InChI is InChI=1S/C11H21NO/c1-11(2,3)5-4-10(13)8-6-9(12)7-8/h8-9H,4-7,12H2,1-3H3. The Morgan fingerprint density at radius 1 is 1.38 bits per heavy atom. The van der Waals surface area contributed by atoms with Gasteiger partial charge in [0.25, 0.3) is 0 Å². The van der Waals surface area contributed by atoms with Crippen molar-refractivity contribution in [1.29, 1.82) is 0 Å². The van der Waals surface area contributed by atoms with Crippen LogP contribution in [-0.4, -0.2) is 11.8 Å². The van der Waals surface area contributed by atoms with Gasteiger partial charge in [-0.05, 0) is 24.7 Å². The van der Waals surface area contributed by atoms with E-state index in [0.29, 0.717) is 11.8 Å². The Kier molecular flexibility index (Phi) is 3.12. The second-order valence-corrected chi connectivity index (χ2v) is 5.46. The highest BCUT2D eigenvalue weighted by atomic mass is 16.1. The highest BCUT2D eigenvalue weighted by Gasteiger charge is 2.31. The van der Waals surface area contributed by atoms with E-state index in [1.54, 1.807) is 0 Å². The first-order valence-corrected chi connectivity index (χ1v) is 5.17. The molecule has 1 rings (SSSR count). The Hall–Kier alpha value is -0.370. The topological polar surface area (TPSA) is 43.1 Å². The van der Waals surface area contributed by atoms with Gasteiger partial charge in [0, 0.05) is 18.4 Å². The zero-order valence-corrected chi connectivity index (χ0v) is 8.97. The molecule has 0 bridgehead atoms. The number of Topliss-reactive ketones (excluding diaryl/α,β-unsaturated/α-hetero) is 1. The molecule has 1 fully saturated rings. The van der Waals surface area contributed by atoms with E-state index in [0.717, 1.165) is 25.7 Å². The average molecular weight is 183 g/mol. The Morgan fingerprint density at radius 3 is 2.31 bits per heavy atom. The molecule has 0 spiro atoms. The van der Waals surface area contributed by atoms with Gasteiger partial charge in [0.15, 0.2) is 0 Å². The normalized spacial score (nSPS) is 28.3. The summed E-state index contributed by atoms with van der Waals surface area (Å²) in [6.07, 6.45) is 3.57. The lowest BCUT2D eigenvalue weighted by molar-refractivity contribution is -0.126. The molecule has 2 nitrogen and oxygen atoms in total. The summed E-state index contributed by atoms with van der Waals surface area (Å²) in [5.74, 6) is 0.717. The van der Waals surface area contributed by atoms with Gasteiger partial charge in [0.05, 0.1) is 0 Å². The lowest BCUT2D eigenvalue weighted by Crippen LogP contribution is -2.40. The molecule has 1 saturated carbocycles. The Bertz CT molecular complexity index is 187. The zero-order valence-electron chi connectivity index (χ0n) is 8.97. The third-order valence-corrected chi connectivity index (χ3v) is 2.75. The number of ketones is 1. The fourth-order valence-corrected chi connectivity index (χ4v) is 1.63. The monoisotopic (exact) mass is 183 g/mol. The molecular weight excluding hydrogens is 162 g/mol. The number of hydrogen-bond donors (Lipinski definition) is 1. The van der Waals surface area contributed by atoms with E-state index in [4.69, 9.17) is 5.73 Å². The van der Waals surface area contributed by atoms with Crippen molar-refractivity contribution in [3.8, 4) is 0 Å². The molecule has 2 heteroatoms. The predicted octanol–water partition coefficient (Wildman–Crippen LogP) is 2.12. The van der Waals surface area contributed by atoms with Crippen molar-refractivity contribution in [3.05, 3.63) is 0 Å². The van der Waals surface area contributed by atoms with Gasteiger partial charge in [-0.15, -0.1) is 0 Å². The minimum atomic E-state index is 0.279. The van der Waals surface area contributed by atoms with Crippen molar-refractivity contribution in [2.75, 3.05) is 0 Å². The largest absolute Gasteiger partial charge is 0.328 e. The maximum atomic E-state index is 11.6. The minimum Gasteiger partial charge on any atom is -0.328 e. The van der Waals surface area contributed by atoms with Crippen molar-refractivity contribution in [1.82, 2.24) is 0 Å². The van der Waals surface area contributed by atoms with Gasteiger partial charge in [0.2, 0.25) is 0 Å². The van der Waals surface area contributed by atoms with Crippen LogP contribution >= 0.6 is 0 Å². The van der Waals surface area contributed by atoms with Gasteiger partial charge in [-0.25, -0.2) is 0 Å². The van der Waals surface area contributed by atoms with Crippen LogP contribution in [0.4, 0.5) is 0 Å². The highest BCUT2D eigenvalue weighted by molar-refractivity contribution is 5.82. The molecule has 0 radical (unpaired) electrons. The highest BCUT2D eigenvalue weighted by Crippen LogP contribution is 2.30. The van der Waals surface area contributed by atoms with Gasteiger partial charge in [-0.2, -0.15) is 0 Å². The molecule has 1 aliphatic carbocycles. The summed E-state index contributed by atoms with van der Waals surface area (Å²) in [5, 5.41) is 0. The maximum absolute atomic E-state index is 11.6. The number of rotatable bonds is 3. The SMILES string of the molecule is CC(C)(C)CCC(=O)C1CC(N)C1. The Morgan fingerprint density at radius 2 is 1.92 bits per heavy atom. The molecule has 1 aliphatic rings. The van der Waals surface area contributed by atoms with Gasteiger partial charge in [-0.1, -0.05) is 20.8 Å². The lowest BCUT2D eigenvalue weighted by Gasteiger charge is -2.31. The molecule has 0 atom stereocenters. The van der Waals surface area contributed by atoms with Crippen LogP contribution in [0.1, 0.15) is 46.5 Å². The van der Waals surface area contributed by atoms with Crippen molar-refractivity contribution in [2.24, 2.45) is 17.1 Å². The third-order valence-electron chi connectivity index (χ3n) is 2.75. The molecule has 0 amide bonds. The van der Waals surface area contributed by atoms with E-state index in [-0.39, 0.29) is 11.3 Å². The van der Waals surface area contributed by atoms with Crippen LogP contribution in [0.3, 0.4) is 0 Å². The molecule has 0 unspecified atom stereocenters. The summed E-state index contributed by atoms with van der Waals surface area (Å²) < 4.78 is 0. The van der Waals surface area contributed by atoms with Crippen LogP contribution in [-0.2, 0) is 4.79 Å². The van der Waals surface area contributed by atoms with Crippen LogP contribution in [0.15, 0.2) is 0 Å². The second kappa shape index (κ2) is 3.79. The molecule has 13 heavy (non-hydrogen) atoms. The number of nitrogens with two attached hydrogens (primary N) is 1. The molecular formula is C11H21NO. The van der Waals surface area contributed by atoms with Crippen molar-refractivity contribution >= 4 is 5.78 Å². The zero-order chi connectivity index (χ0) is 10.1. The molecule has 0 saturated heterocycles. The average Bonchev–Trinajstić information content (AvgIpc) is 1.93. The molecule has 2 N–H and O–H groups in total. The first-order valence-electron chi connectivity index (χ1n) is 5.17. The van der Waals surface area contributed by atoms with Crippen molar-refractivity contribution in [3.63, 3.8) is 0 Å². The van der Waals surface area contributed by atoms with E-state index in [1.807, 2.05) is 0 Å². The minimum absolute atomic E-state index is 0.279. The second-order valence-electron chi connectivity index (χ2n) is 5.46. The Balaban J connectivity index is 2.19. The van der Waals surface area contributed by atoms with Gasteiger partial charge >= 0.3 is 0 Å². The number of carbonyl (C=O) groups is 1. The molecule has 0 aromatic heterocycles.